The molecule has 1 aliphatic rings. The van der Waals surface area contributed by atoms with Crippen LogP contribution in [0.15, 0.2) is 24.3 Å². The summed E-state index contributed by atoms with van der Waals surface area (Å²) >= 11 is 0. The second-order valence-corrected chi connectivity index (χ2v) is 3.99. The van der Waals surface area contributed by atoms with Gasteiger partial charge in [0.15, 0.2) is 0 Å². The molecule has 0 aliphatic heterocycles. The molecule has 0 saturated heterocycles. The maximum Gasteiger partial charge on any atom is 0.416 e. The Morgan fingerprint density at radius 2 is 1.81 bits per heavy atom. The van der Waals surface area contributed by atoms with Crippen LogP contribution in [-0.4, -0.2) is 12.6 Å². The summed E-state index contributed by atoms with van der Waals surface area (Å²) in [5.74, 6) is 0.800. The van der Waals surface area contributed by atoms with Crippen LogP contribution >= 0.6 is 0 Å². The van der Waals surface area contributed by atoms with Crippen molar-refractivity contribution in [3.8, 4) is 5.75 Å². The standard InChI is InChI=1S/C11H12F3NO/c12-11(13,14)8-1-3-9(4-2-8)16-6-7-5-10(7)15/h1-4,7,10H,5-6,15H2. The van der Waals surface area contributed by atoms with Crippen LogP contribution in [0.1, 0.15) is 12.0 Å². The van der Waals surface area contributed by atoms with Gasteiger partial charge in [-0.15, -0.1) is 0 Å². The summed E-state index contributed by atoms with van der Waals surface area (Å²) in [7, 11) is 0. The third-order valence-electron chi connectivity index (χ3n) is 2.62. The lowest BCUT2D eigenvalue weighted by molar-refractivity contribution is -0.137. The number of ether oxygens (including phenoxy) is 1. The van der Waals surface area contributed by atoms with Crippen molar-refractivity contribution in [2.75, 3.05) is 6.61 Å². The minimum atomic E-state index is -4.29. The summed E-state index contributed by atoms with van der Waals surface area (Å²) in [5, 5.41) is 0. The molecular weight excluding hydrogens is 219 g/mol. The lowest BCUT2D eigenvalue weighted by Gasteiger charge is -2.08. The van der Waals surface area contributed by atoms with E-state index >= 15 is 0 Å². The highest BCUT2D eigenvalue weighted by atomic mass is 19.4. The largest absolute Gasteiger partial charge is 0.493 e. The first kappa shape index (κ1) is 11.3. The third kappa shape index (κ3) is 2.66. The molecule has 2 nitrogen and oxygen atoms in total. The maximum absolute atomic E-state index is 12.2. The predicted molar refractivity (Wildman–Crippen MR) is 53.0 cm³/mol. The average Bonchev–Trinajstić information content (AvgIpc) is 2.91. The summed E-state index contributed by atoms with van der Waals surface area (Å²) < 4.78 is 42.0. The number of hydrogen-bond donors (Lipinski definition) is 1. The van der Waals surface area contributed by atoms with Crippen molar-refractivity contribution in [1.82, 2.24) is 0 Å². The molecule has 1 aromatic rings. The lowest BCUT2D eigenvalue weighted by atomic mass is 10.2. The van der Waals surface area contributed by atoms with Gasteiger partial charge in [-0.3, -0.25) is 0 Å². The van der Waals surface area contributed by atoms with Crippen LogP contribution in [0.3, 0.4) is 0 Å². The minimum absolute atomic E-state index is 0.189. The van der Waals surface area contributed by atoms with E-state index in [1.54, 1.807) is 0 Å². The van der Waals surface area contributed by atoms with E-state index < -0.39 is 11.7 Å². The van der Waals surface area contributed by atoms with Gasteiger partial charge in [0, 0.05) is 12.0 Å². The Morgan fingerprint density at radius 3 is 2.25 bits per heavy atom. The molecule has 0 radical (unpaired) electrons. The molecule has 2 unspecified atom stereocenters. The normalized spacial score (nSPS) is 24.2. The Hall–Kier alpha value is -1.23. The van der Waals surface area contributed by atoms with Crippen LogP contribution in [0, 0.1) is 5.92 Å². The molecule has 0 bridgehead atoms. The molecule has 0 amide bonds. The van der Waals surface area contributed by atoms with E-state index in [4.69, 9.17) is 10.5 Å². The molecule has 1 fully saturated rings. The van der Waals surface area contributed by atoms with Crippen LogP contribution in [0.5, 0.6) is 5.75 Å². The Bertz CT molecular complexity index is 360. The predicted octanol–water partition coefficient (Wildman–Crippen LogP) is 2.43. The molecule has 2 rings (SSSR count). The van der Waals surface area contributed by atoms with Crippen molar-refractivity contribution in [2.24, 2.45) is 11.7 Å². The number of rotatable bonds is 3. The van der Waals surface area contributed by atoms with Crippen molar-refractivity contribution in [1.29, 1.82) is 0 Å². The third-order valence-corrected chi connectivity index (χ3v) is 2.62. The summed E-state index contributed by atoms with van der Waals surface area (Å²) in [6.45, 7) is 0.479. The summed E-state index contributed by atoms with van der Waals surface area (Å²) in [6, 6.07) is 4.88. The van der Waals surface area contributed by atoms with Crippen LogP contribution < -0.4 is 10.5 Å². The van der Waals surface area contributed by atoms with E-state index in [-0.39, 0.29) is 6.04 Å². The quantitative estimate of drug-likeness (QED) is 0.867. The average molecular weight is 231 g/mol. The van der Waals surface area contributed by atoms with Gasteiger partial charge in [0.05, 0.1) is 12.2 Å². The van der Waals surface area contributed by atoms with Crippen LogP contribution in [0.25, 0.3) is 0 Å². The van der Waals surface area contributed by atoms with Gasteiger partial charge in [-0.1, -0.05) is 0 Å². The number of alkyl halides is 3. The van der Waals surface area contributed by atoms with Gasteiger partial charge in [-0.25, -0.2) is 0 Å². The lowest BCUT2D eigenvalue weighted by Crippen LogP contribution is -2.09. The van der Waals surface area contributed by atoms with Gasteiger partial charge in [0.1, 0.15) is 5.75 Å². The van der Waals surface area contributed by atoms with Crippen molar-refractivity contribution in [3.63, 3.8) is 0 Å². The molecule has 0 heterocycles. The monoisotopic (exact) mass is 231 g/mol. The topological polar surface area (TPSA) is 35.2 Å². The zero-order valence-corrected chi connectivity index (χ0v) is 8.50. The molecule has 16 heavy (non-hydrogen) atoms. The van der Waals surface area contributed by atoms with E-state index in [0.29, 0.717) is 18.3 Å². The fourth-order valence-electron chi connectivity index (χ4n) is 1.41. The first-order chi connectivity index (χ1) is 7.47. The zero-order valence-electron chi connectivity index (χ0n) is 8.50. The molecule has 0 spiro atoms. The van der Waals surface area contributed by atoms with Gasteiger partial charge in [0.25, 0.3) is 0 Å². The summed E-state index contributed by atoms with van der Waals surface area (Å²) in [5.41, 5.74) is 4.92. The second-order valence-electron chi connectivity index (χ2n) is 3.99. The molecule has 1 saturated carbocycles. The van der Waals surface area contributed by atoms with E-state index in [1.807, 2.05) is 0 Å². The van der Waals surface area contributed by atoms with Crippen molar-refractivity contribution >= 4 is 0 Å². The van der Waals surface area contributed by atoms with Crippen LogP contribution in [-0.2, 0) is 6.18 Å². The number of hydrogen-bond acceptors (Lipinski definition) is 2. The summed E-state index contributed by atoms with van der Waals surface area (Å²) in [6.07, 6.45) is -3.36. The van der Waals surface area contributed by atoms with E-state index in [1.165, 1.54) is 12.1 Å². The van der Waals surface area contributed by atoms with Crippen molar-refractivity contribution in [2.45, 2.75) is 18.6 Å². The van der Waals surface area contributed by atoms with E-state index in [0.717, 1.165) is 18.6 Å². The Balaban J connectivity index is 1.91. The number of nitrogens with two attached hydrogens (primary N) is 1. The molecule has 2 atom stereocenters. The summed E-state index contributed by atoms with van der Waals surface area (Å²) in [4.78, 5) is 0. The Labute approximate surface area is 91.2 Å². The molecule has 5 heteroatoms. The Kier molecular flexibility index (Phi) is 2.80. The maximum atomic E-state index is 12.2. The van der Waals surface area contributed by atoms with E-state index in [9.17, 15) is 13.2 Å². The highest BCUT2D eigenvalue weighted by molar-refractivity contribution is 5.28. The molecular formula is C11H12F3NO. The molecule has 1 aliphatic carbocycles. The minimum Gasteiger partial charge on any atom is -0.493 e. The van der Waals surface area contributed by atoms with Gasteiger partial charge >= 0.3 is 6.18 Å². The highest BCUT2D eigenvalue weighted by Crippen LogP contribution is 2.31. The molecule has 88 valence electrons. The molecule has 2 N–H and O–H groups in total. The van der Waals surface area contributed by atoms with Crippen molar-refractivity contribution in [3.05, 3.63) is 29.8 Å². The molecule has 1 aromatic carbocycles. The number of benzene rings is 1. The zero-order chi connectivity index (χ0) is 11.8. The van der Waals surface area contributed by atoms with Gasteiger partial charge < -0.3 is 10.5 Å². The van der Waals surface area contributed by atoms with Crippen LogP contribution in [0.4, 0.5) is 13.2 Å². The highest BCUT2D eigenvalue weighted by Gasteiger charge is 2.34. The van der Waals surface area contributed by atoms with Gasteiger partial charge in [-0.2, -0.15) is 13.2 Å². The molecule has 0 aromatic heterocycles. The SMILES string of the molecule is NC1CC1COc1ccc(C(F)(F)F)cc1. The second kappa shape index (κ2) is 3.97. The van der Waals surface area contributed by atoms with Crippen molar-refractivity contribution < 1.29 is 17.9 Å². The van der Waals surface area contributed by atoms with Gasteiger partial charge in [-0.05, 0) is 30.7 Å². The van der Waals surface area contributed by atoms with Gasteiger partial charge in [0.2, 0.25) is 0 Å². The van der Waals surface area contributed by atoms with Crippen LogP contribution in [0.2, 0.25) is 0 Å². The smallest absolute Gasteiger partial charge is 0.416 e. The fraction of sp³-hybridized carbons (Fsp3) is 0.455. The number of halogens is 3. The first-order valence-electron chi connectivity index (χ1n) is 5.02. The Morgan fingerprint density at radius 1 is 1.25 bits per heavy atom. The fourth-order valence-corrected chi connectivity index (χ4v) is 1.41. The van der Waals surface area contributed by atoms with E-state index in [2.05, 4.69) is 0 Å². The first-order valence-corrected chi connectivity index (χ1v) is 5.02.